The number of carbonyl (C=O) groups is 2. The molecule has 0 fully saturated rings. The fraction of sp³-hybridized carbons (Fsp3) is 0.833. The summed E-state index contributed by atoms with van der Waals surface area (Å²) >= 11 is 0. The van der Waals surface area contributed by atoms with Gasteiger partial charge in [-0.15, -0.1) is 0 Å². The Kier molecular flexibility index (Phi) is 6.80. The number of carbonyl (C=O) groups excluding carboxylic acids is 1. The summed E-state index contributed by atoms with van der Waals surface area (Å²) in [5.41, 5.74) is 0. The summed E-state index contributed by atoms with van der Waals surface area (Å²) in [5, 5.41) is 9.06. The van der Waals surface area contributed by atoms with Crippen molar-refractivity contribution in [3.8, 4) is 0 Å². The van der Waals surface area contributed by atoms with Gasteiger partial charge in [-0.1, -0.05) is 6.92 Å². The van der Waals surface area contributed by atoms with Crippen LogP contribution in [-0.2, 0) is 9.59 Å². The third kappa shape index (κ3) is 4.00. The van der Waals surface area contributed by atoms with Gasteiger partial charge in [0.15, 0.2) is 0 Å². The van der Waals surface area contributed by atoms with Gasteiger partial charge < -0.3 is 10.0 Å². The van der Waals surface area contributed by atoms with Crippen LogP contribution in [0.1, 0.15) is 34.1 Å². The van der Waals surface area contributed by atoms with E-state index in [-0.39, 0.29) is 5.91 Å². The van der Waals surface area contributed by atoms with E-state index in [0.717, 1.165) is 0 Å². The molecule has 1 amide bonds. The Morgan fingerprint density at radius 2 is 1.65 bits per heavy atom. The lowest BCUT2D eigenvalue weighted by Crippen LogP contribution is -2.51. The number of carboxylic acid groups (broad SMARTS) is 1. The van der Waals surface area contributed by atoms with Gasteiger partial charge in [-0.2, -0.15) is 0 Å². The zero-order valence-corrected chi connectivity index (χ0v) is 11.4. The van der Waals surface area contributed by atoms with Gasteiger partial charge in [0.25, 0.3) is 0 Å². The minimum absolute atomic E-state index is 0.0165. The molecule has 0 aromatic rings. The summed E-state index contributed by atoms with van der Waals surface area (Å²) in [5.74, 6) is -0.897. The van der Waals surface area contributed by atoms with E-state index >= 15 is 0 Å². The number of likely N-dealkylation sites (N-methyl/N-ethyl adjacent to an activating group) is 2. The minimum Gasteiger partial charge on any atom is -0.480 e. The van der Waals surface area contributed by atoms with Crippen molar-refractivity contribution in [3.05, 3.63) is 0 Å². The van der Waals surface area contributed by atoms with Crippen LogP contribution < -0.4 is 0 Å². The summed E-state index contributed by atoms with van der Waals surface area (Å²) < 4.78 is 0. The normalized spacial score (nSPS) is 14.5. The molecule has 1 N–H and O–H groups in total. The van der Waals surface area contributed by atoms with E-state index in [1.807, 2.05) is 20.8 Å². The second-order valence-electron chi connectivity index (χ2n) is 4.11. The summed E-state index contributed by atoms with van der Waals surface area (Å²) in [7, 11) is 1.69. The van der Waals surface area contributed by atoms with Crippen molar-refractivity contribution in [1.82, 2.24) is 9.80 Å². The maximum atomic E-state index is 12.1. The van der Waals surface area contributed by atoms with Crippen LogP contribution in [0.25, 0.3) is 0 Å². The predicted octanol–water partition coefficient (Wildman–Crippen LogP) is 1.04. The molecule has 5 heteroatoms. The minimum atomic E-state index is -0.880. The molecule has 0 aromatic heterocycles. The molecule has 0 rings (SSSR count). The molecular weight excluding hydrogens is 220 g/mol. The molecule has 0 aliphatic carbocycles. The number of rotatable bonds is 7. The van der Waals surface area contributed by atoms with Gasteiger partial charge in [0.05, 0.1) is 6.04 Å². The van der Waals surface area contributed by atoms with Gasteiger partial charge in [0.2, 0.25) is 5.91 Å². The highest BCUT2D eigenvalue weighted by Gasteiger charge is 2.29. The first-order valence-electron chi connectivity index (χ1n) is 6.14. The molecule has 0 aliphatic rings. The number of aliphatic carboxylic acids is 1. The van der Waals surface area contributed by atoms with Crippen LogP contribution in [0.4, 0.5) is 0 Å². The number of carboxylic acids is 1. The van der Waals surface area contributed by atoms with Gasteiger partial charge in [0.1, 0.15) is 6.04 Å². The molecule has 0 aliphatic heterocycles. The first kappa shape index (κ1) is 15.9. The van der Waals surface area contributed by atoms with E-state index in [2.05, 4.69) is 0 Å². The Morgan fingerprint density at radius 3 is 1.94 bits per heavy atom. The number of hydrogen-bond acceptors (Lipinski definition) is 3. The lowest BCUT2D eigenvalue weighted by Gasteiger charge is -2.32. The van der Waals surface area contributed by atoms with Crippen LogP contribution >= 0.6 is 0 Å². The topological polar surface area (TPSA) is 60.9 Å². The van der Waals surface area contributed by atoms with Crippen molar-refractivity contribution in [3.63, 3.8) is 0 Å². The molecule has 0 saturated heterocycles. The highest BCUT2D eigenvalue weighted by molar-refractivity contribution is 5.82. The average molecular weight is 244 g/mol. The number of hydrogen-bond donors (Lipinski definition) is 1. The average Bonchev–Trinajstić information content (AvgIpc) is 2.29. The fourth-order valence-electron chi connectivity index (χ4n) is 1.88. The quantitative estimate of drug-likeness (QED) is 0.727. The SMILES string of the molecule is CCC(C(=O)O)N(C)C(C)C(=O)N(CC)CC. The zero-order chi connectivity index (χ0) is 13.6. The molecule has 0 aromatic carbocycles. The molecule has 17 heavy (non-hydrogen) atoms. The largest absolute Gasteiger partial charge is 0.480 e. The highest BCUT2D eigenvalue weighted by Crippen LogP contribution is 2.09. The molecule has 100 valence electrons. The van der Waals surface area contributed by atoms with Crippen LogP contribution in [0, 0.1) is 0 Å². The Balaban J connectivity index is 4.73. The van der Waals surface area contributed by atoms with Crippen molar-refractivity contribution in [2.45, 2.75) is 46.2 Å². The van der Waals surface area contributed by atoms with Crippen LogP contribution in [0.5, 0.6) is 0 Å². The van der Waals surface area contributed by atoms with Gasteiger partial charge in [-0.3, -0.25) is 14.5 Å². The fourth-order valence-corrected chi connectivity index (χ4v) is 1.88. The van der Waals surface area contributed by atoms with Gasteiger partial charge in [0, 0.05) is 13.1 Å². The first-order chi connectivity index (χ1) is 7.90. The van der Waals surface area contributed by atoms with Gasteiger partial charge >= 0.3 is 5.97 Å². The molecule has 5 nitrogen and oxygen atoms in total. The maximum absolute atomic E-state index is 12.1. The lowest BCUT2D eigenvalue weighted by molar-refractivity contribution is -0.146. The molecule has 0 saturated carbocycles. The predicted molar refractivity (Wildman–Crippen MR) is 66.9 cm³/mol. The molecular formula is C12H24N2O3. The molecule has 0 radical (unpaired) electrons. The lowest BCUT2D eigenvalue weighted by atomic mass is 10.1. The van der Waals surface area contributed by atoms with Crippen LogP contribution in [0.3, 0.4) is 0 Å². The van der Waals surface area contributed by atoms with Crippen molar-refractivity contribution >= 4 is 11.9 Å². The Labute approximate surface area is 103 Å². The maximum Gasteiger partial charge on any atom is 0.320 e. The van der Waals surface area contributed by atoms with E-state index in [1.165, 1.54) is 0 Å². The Bertz CT molecular complexity index is 264. The van der Waals surface area contributed by atoms with E-state index in [1.54, 1.807) is 23.8 Å². The zero-order valence-electron chi connectivity index (χ0n) is 11.4. The number of nitrogens with zero attached hydrogens (tertiary/aromatic N) is 2. The molecule has 2 atom stereocenters. The summed E-state index contributed by atoms with van der Waals surface area (Å²) in [6.07, 6.45) is 0.488. The highest BCUT2D eigenvalue weighted by atomic mass is 16.4. The van der Waals surface area contributed by atoms with Gasteiger partial charge in [-0.25, -0.2) is 0 Å². The van der Waals surface area contributed by atoms with Crippen LogP contribution in [0.2, 0.25) is 0 Å². The molecule has 0 bridgehead atoms. The van der Waals surface area contributed by atoms with Crippen molar-refractivity contribution in [2.24, 2.45) is 0 Å². The van der Waals surface area contributed by atoms with Gasteiger partial charge in [-0.05, 0) is 34.2 Å². The Hall–Kier alpha value is -1.10. The van der Waals surface area contributed by atoms with Crippen molar-refractivity contribution in [1.29, 1.82) is 0 Å². The van der Waals surface area contributed by atoms with Crippen LogP contribution in [-0.4, -0.2) is 59.0 Å². The standard InChI is InChI=1S/C12H24N2O3/c1-6-10(12(16)17)13(5)9(4)11(15)14(7-2)8-3/h9-10H,6-8H2,1-5H3,(H,16,17). The summed E-state index contributed by atoms with van der Waals surface area (Å²) in [6, 6.07) is -1.01. The number of amides is 1. The van der Waals surface area contributed by atoms with E-state index in [9.17, 15) is 9.59 Å². The second-order valence-corrected chi connectivity index (χ2v) is 4.11. The van der Waals surface area contributed by atoms with Crippen molar-refractivity contribution < 1.29 is 14.7 Å². The van der Waals surface area contributed by atoms with Crippen molar-refractivity contribution in [2.75, 3.05) is 20.1 Å². The van der Waals surface area contributed by atoms with Crippen LogP contribution in [0.15, 0.2) is 0 Å². The Morgan fingerprint density at radius 1 is 1.18 bits per heavy atom. The van der Waals surface area contributed by atoms with E-state index in [0.29, 0.717) is 19.5 Å². The smallest absolute Gasteiger partial charge is 0.320 e. The molecule has 0 heterocycles. The molecule has 2 unspecified atom stereocenters. The summed E-state index contributed by atoms with van der Waals surface area (Å²) in [4.78, 5) is 26.5. The summed E-state index contributed by atoms with van der Waals surface area (Å²) in [6.45, 7) is 8.70. The van der Waals surface area contributed by atoms with E-state index in [4.69, 9.17) is 5.11 Å². The third-order valence-corrected chi connectivity index (χ3v) is 3.21. The third-order valence-electron chi connectivity index (χ3n) is 3.21. The molecule has 0 spiro atoms. The second kappa shape index (κ2) is 7.27. The monoisotopic (exact) mass is 244 g/mol. The van der Waals surface area contributed by atoms with E-state index < -0.39 is 18.1 Å². The first-order valence-corrected chi connectivity index (χ1v) is 6.14.